The van der Waals surface area contributed by atoms with Crippen LogP contribution in [0.1, 0.15) is 36.5 Å². The zero-order chi connectivity index (χ0) is 48.7. The Morgan fingerprint density at radius 2 is 1.24 bits per heavy atom. The van der Waals surface area contributed by atoms with E-state index in [0.717, 1.165) is 112 Å². The molecule has 0 spiro atoms. The van der Waals surface area contributed by atoms with Crippen LogP contribution in [0.15, 0.2) is 235 Å². The number of hydrazone groups is 1. The van der Waals surface area contributed by atoms with Crippen molar-refractivity contribution in [2.45, 2.75) is 25.9 Å². The lowest BCUT2D eigenvalue weighted by molar-refractivity contribution is 0.394. The molecule has 3 aliphatic carbocycles. The van der Waals surface area contributed by atoms with Crippen LogP contribution in [0.4, 0.5) is 14.5 Å². The van der Waals surface area contributed by atoms with Crippen molar-refractivity contribution in [3.63, 3.8) is 0 Å². The Morgan fingerprint density at radius 3 is 2.06 bits per heavy atom. The fraction of sp³-hybridized carbons (Fsp3) is 0.0769. The second-order valence-electron chi connectivity index (χ2n) is 18.8. The standard InChI is InChI=1S/C65H47F2N5/c1-40-27-43-22-24-55(67)36-48(43)37-59(40)50-30-46(32-53(33-50)62-17-7-9-26-70-62)49-38-60(65(68)64(39-49)72-71-63-18-5-4-14-58(63)57-15-10-12-42-11-2-3-13-56(42)57)51-29-45(31-52(34-51)61-16-6-8-25-69-61)44-20-19-41-21-23-54(66)35-47(41)28-44/h2-26,28-35,37-40,55,68,71H,27,36H2,1H3/b68-65?,72-64-. The van der Waals surface area contributed by atoms with Crippen LogP contribution in [0.3, 0.4) is 0 Å². The van der Waals surface area contributed by atoms with E-state index in [1.165, 1.54) is 11.6 Å². The second-order valence-corrected chi connectivity index (χ2v) is 18.8. The summed E-state index contributed by atoms with van der Waals surface area (Å²) in [6.45, 7) is 2.24. The van der Waals surface area contributed by atoms with Crippen molar-refractivity contribution in [1.29, 1.82) is 5.41 Å². The fourth-order valence-electron chi connectivity index (χ4n) is 10.4. The molecule has 0 fully saturated rings. The number of fused-ring (bicyclic) bond motifs is 2. The summed E-state index contributed by atoms with van der Waals surface area (Å²) in [5.74, 6) is -0.118. The number of nitrogens with one attached hydrogen (secondary N) is 2. The van der Waals surface area contributed by atoms with Crippen LogP contribution in [0.2, 0.25) is 0 Å². The SMILES string of the molecule is CC1CC2=C(C=C1c1cc(C3=C/C(=N/Nc4ccccc4-c4cccc5ccccc45)C(=N)C(c4cc(-c5ccc6ccc(F)cc6c5)cc(-c5ccccn5)c4)=C3)cc(-c3ccccn3)c1)CC(F)C=C2. The molecule has 2 heterocycles. The van der Waals surface area contributed by atoms with Gasteiger partial charge in [0.15, 0.2) is 0 Å². The molecule has 5 nitrogen and oxygen atoms in total. The molecule has 9 aromatic rings. The number of allylic oxidation sites excluding steroid dienone is 10. The van der Waals surface area contributed by atoms with Gasteiger partial charge in [-0.2, -0.15) is 5.10 Å². The summed E-state index contributed by atoms with van der Waals surface area (Å²) in [7, 11) is 0. The topological polar surface area (TPSA) is 74.0 Å². The second kappa shape index (κ2) is 18.8. The number of alkyl halides is 1. The lowest BCUT2D eigenvalue weighted by Gasteiger charge is -2.28. The molecule has 2 unspecified atom stereocenters. The number of hydrogen-bond acceptors (Lipinski definition) is 5. The van der Waals surface area contributed by atoms with E-state index < -0.39 is 6.17 Å². The summed E-state index contributed by atoms with van der Waals surface area (Å²) in [6, 6.07) is 58.4. The summed E-state index contributed by atoms with van der Waals surface area (Å²) < 4.78 is 29.5. The van der Waals surface area contributed by atoms with Crippen molar-refractivity contribution in [3.05, 3.63) is 252 Å². The van der Waals surface area contributed by atoms with Gasteiger partial charge in [0.1, 0.15) is 17.7 Å². The van der Waals surface area contributed by atoms with Crippen molar-refractivity contribution in [3.8, 4) is 44.8 Å². The van der Waals surface area contributed by atoms with E-state index in [1.807, 2.05) is 84.9 Å². The number of hydrogen-bond donors (Lipinski definition) is 2. The minimum Gasteiger partial charge on any atom is -0.298 e. The predicted molar refractivity (Wildman–Crippen MR) is 294 cm³/mol. The van der Waals surface area contributed by atoms with E-state index >= 15 is 0 Å². The normalized spacial score (nSPS) is 17.2. The monoisotopic (exact) mass is 935 g/mol. The zero-order valence-electron chi connectivity index (χ0n) is 39.5. The van der Waals surface area contributed by atoms with E-state index in [4.69, 9.17) is 15.1 Å². The molecule has 3 aliphatic rings. The highest BCUT2D eigenvalue weighted by molar-refractivity contribution is 6.62. The van der Waals surface area contributed by atoms with Crippen molar-refractivity contribution in [2.24, 2.45) is 11.0 Å². The molecule has 2 aromatic heterocycles. The van der Waals surface area contributed by atoms with Gasteiger partial charge in [-0.15, -0.1) is 0 Å². The maximum atomic E-state index is 14.9. The lowest BCUT2D eigenvalue weighted by Crippen LogP contribution is -2.19. The summed E-state index contributed by atoms with van der Waals surface area (Å²) in [6.07, 6.45) is 13.7. The van der Waals surface area contributed by atoms with Crippen molar-refractivity contribution in [2.75, 3.05) is 5.43 Å². The van der Waals surface area contributed by atoms with Crippen molar-refractivity contribution >= 4 is 55.4 Å². The molecule has 2 atom stereocenters. The van der Waals surface area contributed by atoms with E-state index in [-0.39, 0.29) is 17.4 Å². The van der Waals surface area contributed by atoms with E-state index in [9.17, 15) is 14.2 Å². The number of rotatable bonds is 9. The third-order valence-corrected chi connectivity index (χ3v) is 14.0. The van der Waals surface area contributed by atoms with Crippen LogP contribution in [0, 0.1) is 17.1 Å². The Balaban J connectivity index is 1.05. The van der Waals surface area contributed by atoms with Crippen LogP contribution >= 0.6 is 0 Å². The maximum Gasteiger partial charge on any atom is 0.123 e. The number of aromatic nitrogens is 2. The van der Waals surface area contributed by atoms with Gasteiger partial charge in [-0.25, -0.2) is 8.78 Å². The summed E-state index contributed by atoms with van der Waals surface area (Å²) >= 11 is 0. The van der Waals surface area contributed by atoms with E-state index in [0.29, 0.717) is 17.7 Å². The van der Waals surface area contributed by atoms with Gasteiger partial charge in [0.2, 0.25) is 0 Å². The molecule has 0 aliphatic heterocycles. The molecule has 0 bridgehead atoms. The van der Waals surface area contributed by atoms with Crippen LogP contribution in [-0.2, 0) is 0 Å². The highest BCUT2D eigenvalue weighted by Gasteiger charge is 2.27. The Labute approximate surface area is 417 Å². The van der Waals surface area contributed by atoms with Crippen LogP contribution in [0.5, 0.6) is 0 Å². The first kappa shape index (κ1) is 44.3. The smallest absolute Gasteiger partial charge is 0.123 e. The Morgan fingerprint density at radius 1 is 0.556 bits per heavy atom. The van der Waals surface area contributed by atoms with Gasteiger partial charge in [0.05, 0.1) is 22.8 Å². The largest absolute Gasteiger partial charge is 0.298 e. The average Bonchev–Trinajstić information content (AvgIpc) is 3.42. The fourth-order valence-corrected chi connectivity index (χ4v) is 10.4. The number of pyridine rings is 2. The molecule has 346 valence electrons. The molecule has 12 rings (SSSR count). The minimum atomic E-state index is -1.01. The number of nitrogens with zero attached hydrogens (tertiary/aromatic N) is 3. The van der Waals surface area contributed by atoms with Crippen molar-refractivity contribution in [1.82, 2.24) is 9.97 Å². The van der Waals surface area contributed by atoms with Crippen molar-refractivity contribution < 1.29 is 8.78 Å². The van der Waals surface area contributed by atoms with Gasteiger partial charge in [-0.05, 0) is 187 Å². The molecule has 0 amide bonds. The zero-order valence-corrected chi connectivity index (χ0v) is 39.5. The summed E-state index contributed by atoms with van der Waals surface area (Å²) in [5, 5.41) is 19.2. The molecule has 0 saturated carbocycles. The molecule has 2 N–H and O–H groups in total. The number of anilines is 1. The molecule has 72 heavy (non-hydrogen) atoms. The van der Waals surface area contributed by atoms with Gasteiger partial charge in [-0.1, -0.05) is 116 Å². The lowest BCUT2D eigenvalue weighted by atomic mass is 9.77. The minimum absolute atomic E-state index is 0.179. The van der Waals surface area contributed by atoms with Crippen LogP contribution in [-0.4, -0.2) is 27.6 Å². The Kier molecular flexibility index (Phi) is 11.5. The highest BCUT2D eigenvalue weighted by Crippen LogP contribution is 2.43. The molecular weight excluding hydrogens is 889 g/mol. The molecular formula is C65H47F2N5. The number of halogens is 2. The first-order chi connectivity index (χ1) is 35.3. The maximum absolute atomic E-state index is 14.9. The van der Waals surface area contributed by atoms with Gasteiger partial charge >= 0.3 is 0 Å². The van der Waals surface area contributed by atoms with Crippen LogP contribution < -0.4 is 5.43 Å². The van der Waals surface area contributed by atoms with Gasteiger partial charge in [0, 0.05) is 41.1 Å². The first-order valence-electron chi connectivity index (χ1n) is 24.3. The predicted octanol–water partition coefficient (Wildman–Crippen LogP) is 16.6. The highest BCUT2D eigenvalue weighted by atomic mass is 19.1. The van der Waals surface area contributed by atoms with Crippen LogP contribution in [0.25, 0.3) is 83.0 Å². The Hall–Kier alpha value is -8.94. The quantitative estimate of drug-likeness (QED) is 0.112. The average molecular weight is 936 g/mol. The summed E-state index contributed by atoms with van der Waals surface area (Å²) in [4.78, 5) is 9.57. The number of benzene rings is 7. The molecule has 7 aromatic carbocycles. The molecule has 7 heteroatoms. The summed E-state index contributed by atoms with van der Waals surface area (Å²) in [5.41, 5.74) is 19.8. The third kappa shape index (κ3) is 8.71. The third-order valence-electron chi connectivity index (χ3n) is 14.0. The molecule has 0 saturated heterocycles. The molecule has 0 radical (unpaired) electrons. The number of para-hydroxylation sites is 1. The van der Waals surface area contributed by atoms with Gasteiger partial charge in [-0.3, -0.25) is 20.8 Å². The first-order valence-corrected chi connectivity index (χ1v) is 24.3. The Bertz CT molecular complexity index is 3840. The van der Waals surface area contributed by atoms with Gasteiger partial charge in [0.25, 0.3) is 0 Å². The van der Waals surface area contributed by atoms with Gasteiger partial charge < -0.3 is 0 Å². The van der Waals surface area contributed by atoms with E-state index in [1.54, 1.807) is 30.6 Å². The van der Waals surface area contributed by atoms with E-state index in [2.05, 4.69) is 109 Å².